The third-order valence-electron chi connectivity index (χ3n) is 4.27. The molecule has 0 aliphatic rings. The molecular formula is C20H29BrN2O. The maximum atomic E-state index is 9.76. The number of aromatic nitrogens is 1. The summed E-state index contributed by atoms with van der Waals surface area (Å²) in [6.07, 6.45) is 7.64. The van der Waals surface area contributed by atoms with Crippen LogP contribution in [0, 0.1) is 0 Å². The fourth-order valence-corrected chi connectivity index (χ4v) is 2.81. The Balaban J connectivity index is 0.00000288. The van der Waals surface area contributed by atoms with E-state index in [1.165, 1.54) is 24.0 Å². The van der Waals surface area contributed by atoms with E-state index in [-0.39, 0.29) is 29.6 Å². The standard InChI is InChI=1S/C20H29N2O.BrH/c1-3-4-12-22-13-8-11-19(16-22)15-21(2)20(17-23)14-18-9-6-5-7-10-18;/h5-11,13,16,20,23H,3-4,12,14-15,17H2,1-2H3;1H/q+1;/p-1/t20-;/m0./s1. The molecule has 0 unspecified atom stereocenters. The fourth-order valence-electron chi connectivity index (χ4n) is 2.81. The third kappa shape index (κ3) is 6.71. The van der Waals surface area contributed by atoms with E-state index in [9.17, 15) is 5.11 Å². The van der Waals surface area contributed by atoms with E-state index in [4.69, 9.17) is 0 Å². The number of hydrogen-bond acceptors (Lipinski definition) is 2. The van der Waals surface area contributed by atoms with Crippen LogP contribution in [0.1, 0.15) is 30.9 Å². The number of aliphatic hydroxyl groups is 1. The lowest BCUT2D eigenvalue weighted by atomic mass is 10.1. The Morgan fingerprint density at radius 2 is 1.79 bits per heavy atom. The first-order chi connectivity index (χ1) is 11.2. The molecule has 0 saturated carbocycles. The summed E-state index contributed by atoms with van der Waals surface area (Å²) >= 11 is 0. The van der Waals surface area contributed by atoms with Crippen molar-refractivity contribution in [3.05, 3.63) is 66.0 Å². The van der Waals surface area contributed by atoms with Crippen molar-refractivity contribution >= 4 is 0 Å². The molecule has 1 aromatic carbocycles. The molecular weight excluding hydrogens is 364 g/mol. The first-order valence-corrected chi connectivity index (χ1v) is 8.56. The molecule has 1 aromatic heterocycles. The average molecular weight is 393 g/mol. The Morgan fingerprint density at radius 3 is 2.46 bits per heavy atom. The number of nitrogens with zero attached hydrogens (tertiary/aromatic N) is 2. The van der Waals surface area contributed by atoms with Gasteiger partial charge < -0.3 is 22.1 Å². The van der Waals surface area contributed by atoms with Crippen molar-refractivity contribution in [3.63, 3.8) is 0 Å². The van der Waals surface area contributed by atoms with Gasteiger partial charge in [0.2, 0.25) is 0 Å². The molecule has 0 aliphatic heterocycles. The van der Waals surface area contributed by atoms with E-state index in [1.807, 2.05) is 6.07 Å². The van der Waals surface area contributed by atoms with Crippen molar-refractivity contribution < 1.29 is 26.7 Å². The molecule has 1 heterocycles. The Bertz CT molecular complexity index is 577. The Hall–Kier alpha value is -1.23. The number of rotatable bonds is 9. The summed E-state index contributed by atoms with van der Waals surface area (Å²) in [6.45, 7) is 4.31. The second kappa shape index (κ2) is 11.3. The minimum Gasteiger partial charge on any atom is -1.00 e. The maximum absolute atomic E-state index is 9.76. The minimum atomic E-state index is 0. The van der Waals surface area contributed by atoms with Crippen LogP contribution in [0.4, 0.5) is 0 Å². The topological polar surface area (TPSA) is 27.4 Å². The smallest absolute Gasteiger partial charge is 0.173 e. The number of halogens is 1. The number of benzene rings is 1. The second-order valence-electron chi connectivity index (χ2n) is 6.24. The lowest BCUT2D eigenvalue weighted by molar-refractivity contribution is -0.697. The molecule has 0 saturated heterocycles. The predicted molar refractivity (Wildman–Crippen MR) is 94.0 cm³/mol. The van der Waals surface area contributed by atoms with Crippen molar-refractivity contribution in [2.24, 2.45) is 0 Å². The normalized spacial score (nSPS) is 12.0. The molecule has 0 spiro atoms. The largest absolute Gasteiger partial charge is 1.00 e. The summed E-state index contributed by atoms with van der Waals surface area (Å²) in [5.74, 6) is 0. The van der Waals surface area contributed by atoms with Crippen molar-refractivity contribution in [3.8, 4) is 0 Å². The van der Waals surface area contributed by atoms with Gasteiger partial charge in [0.15, 0.2) is 12.4 Å². The number of likely N-dealkylation sites (N-methyl/N-ethyl adjacent to an activating group) is 1. The van der Waals surface area contributed by atoms with Crippen LogP contribution in [0.2, 0.25) is 0 Å². The van der Waals surface area contributed by atoms with Crippen molar-refractivity contribution in [1.82, 2.24) is 4.90 Å². The zero-order valence-electron chi connectivity index (χ0n) is 14.7. The van der Waals surface area contributed by atoms with E-state index < -0.39 is 0 Å². The lowest BCUT2D eigenvalue weighted by Gasteiger charge is -2.26. The molecule has 3 nitrogen and oxygen atoms in total. The monoisotopic (exact) mass is 392 g/mol. The van der Waals surface area contributed by atoms with Gasteiger partial charge in [0.05, 0.1) is 6.61 Å². The van der Waals surface area contributed by atoms with Crippen LogP contribution in [0.15, 0.2) is 54.9 Å². The molecule has 132 valence electrons. The highest BCUT2D eigenvalue weighted by molar-refractivity contribution is 5.16. The average Bonchev–Trinajstić information content (AvgIpc) is 2.59. The first-order valence-electron chi connectivity index (χ1n) is 8.56. The summed E-state index contributed by atoms with van der Waals surface area (Å²) in [4.78, 5) is 2.24. The molecule has 0 fully saturated rings. The molecule has 0 aliphatic carbocycles. The highest BCUT2D eigenvalue weighted by Crippen LogP contribution is 2.10. The molecule has 24 heavy (non-hydrogen) atoms. The van der Waals surface area contributed by atoms with Gasteiger partial charge in [-0.3, -0.25) is 4.90 Å². The summed E-state index contributed by atoms with van der Waals surface area (Å²) in [5, 5.41) is 9.76. The molecule has 0 amide bonds. The van der Waals surface area contributed by atoms with Gasteiger partial charge >= 0.3 is 0 Å². The number of aryl methyl sites for hydroxylation is 1. The third-order valence-corrected chi connectivity index (χ3v) is 4.27. The van der Waals surface area contributed by atoms with Crippen LogP contribution in [0.25, 0.3) is 0 Å². The SMILES string of the molecule is CCCC[n+]1cccc(CN(C)[C@H](CO)Cc2ccccc2)c1.[Br-]. The zero-order valence-corrected chi connectivity index (χ0v) is 16.3. The fraction of sp³-hybridized carbons (Fsp3) is 0.450. The van der Waals surface area contributed by atoms with E-state index in [1.54, 1.807) is 0 Å². The molecule has 2 rings (SSSR count). The number of hydrogen-bond donors (Lipinski definition) is 1. The molecule has 1 N–H and O–H groups in total. The van der Waals surface area contributed by atoms with Crippen LogP contribution < -0.4 is 21.5 Å². The van der Waals surface area contributed by atoms with Gasteiger partial charge in [-0.1, -0.05) is 43.7 Å². The molecule has 0 radical (unpaired) electrons. The molecule has 0 bridgehead atoms. The predicted octanol–water partition coefficient (Wildman–Crippen LogP) is -0.186. The van der Waals surface area contributed by atoms with Crippen molar-refractivity contribution in [2.45, 2.75) is 45.3 Å². The van der Waals surface area contributed by atoms with Crippen LogP contribution in [-0.2, 0) is 19.5 Å². The van der Waals surface area contributed by atoms with E-state index in [2.05, 4.69) is 72.2 Å². The second-order valence-corrected chi connectivity index (χ2v) is 6.24. The Morgan fingerprint density at radius 1 is 1.08 bits per heavy atom. The minimum absolute atomic E-state index is 0. The van der Waals surface area contributed by atoms with Gasteiger partial charge in [-0.05, 0) is 25.1 Å². The van der Waals surface area contributed by atoms with Gasteiger partial charge in [-0.15, -0.1) is 0 Å². The number of pyridine rings is 1. The number of unbranched alkanes of at least 4 members (excludes halogenated alkanes) is 1. The van der Waals surface area contributed by atoms with Crippen LogP contribution in [0.3, 0.4) is 0 Å². The Labute approximate surface area is 156 Å². The van der Waals surface area contributed by atoms with Gasteiger partial charge in [0.25, 0.3) is 0 Å². The van der Waals surface area contributed by atoms with Crippen molar-refractivity contribution in [1.29, 1.82) is 0 Å². The van der Waals surface area contributed by atoms with Crippen LogP contribution >= 0.6 is 0 Å². The quantitative estimate of drug-likeness (QED) is 0.599. The molecule has 4 heteroatoms. The molecule has 2 aromatic rings. The highest BCUT2D eigenvalue weighted by atomic mass is 79.9. The summed E-state index contributed by atoms with van der Waals surface area (Å²) in [5.41, 5.74) is 2.56. The van der Waals surface area contributed by atoms with Crippen LogP contribution in [0.5, 0.6) is 0 Å². The van der Waals surface area contributed by atoms with Crippen molar-refractivity contribution in [2.75, 3.05) is 13.7 Å². The van der Waals surface area contributed by atoms with Gasteiger partial charge in [0, 0.05) is 30.6 Å². The van der Waals surface area contributed by atoms with E-state index >= 15 is 0 Å². The van der Waals surface area contributed by atoms with Gasteiger partial charge in [-0.25, -0.2) is 4.57 Å². The Kier molecular flexibility index (Phi) is 9.84. The zero-order chi connectivity index (χ0) is 16.5. The summed E-state index contributed by atoms with van der Waals surface area (Å²) < 4.78 is 2.26. The first kappa shape index (κ1) is 20.8. The lowest BCUT2D eigenvalue weighted by Crippen LogP contribution is -3.00. The maximum Gasteiger partial charge on any atom is 0.173 e. The summed E-state index contributed by atoms with van der Waals surface area (Å²) in [6, 6.07) is 14.8. The van der Waals surface area contributed by atoms with E-state index in [0.29, 0.717) is 0 Å². The van der Waals surface area contributed by atoms with Gasteiger partial charge in [0.1, 0.15) is 6.54 Å². The summed E-state index contributed by atoms with van der Waals surface area (Å²) in [7, 11) is 2.09. The molecule has 1 atom stereocenters. The van der Waals surface area contributed by atoms with E-state index in [0.717, 1.165) is 19.5 Å². The van der Waals surface area contributed by atoms with Crippen LogP contribution in [-0.4, -0.2) is 29.7 Å². The number of aliphatic hydroxyl groups excluding tert-OH is 1. The van der Waals surface area contributed by atoms with Gasteiger partial charge in [-0.2, -0.15) is 0 Å². The highest BCUT2D eigenvalue weighted by Gasteiger charge is 2.16.